The predicted octanol–water partition coefficient (Wildman–Crippen LogP) is 3.75. The van der Waals surface area contributed by atoms with E-state index in [0.717, 1.165) is 37.6 Å². The molecule has 9 nitrogen and oxygen atoms in total. The van der Waals surface area contributed by atoms with Gasteiger partial charge >= 0.3 is 0 Å². The molecule has 0 spiro atoms. The van der Waals surface area contributed by atoms with Gasteiger partial charge in [-0.15, -0.1) is 0 Å². The molecule has 2 atom stereocenters. The number of ether oxygens (including phenoxy) is 3. The van der Waals surface area contributed by atoms with Gasteiger partial charge in [-0.05, 0) is 36.4 Å². The fourth-order valence-corrected chi connectivity index (χ4v) is 5.37. The van der Waals surface area contributed by atoms with Crippen LogP contribution in [0.2, 0.25) is 10.0 Å². The first-order valence-corrected chi connectivity index (χ1v) is 13.7. The molecule has 2 unspecified atom stereocenters. The maximum absolute atomic E-state index is 12.0. The number of halogens is 2. The van der Waals surface area contributed by atoms with Crippen molar-refractivity contribution in [1.82, 2.24) is 19.4 Å². The van der Waals surface area contributed by atoms with Gasteiger partial charge < -0.3 is 28.6 Å². The first-order valence-electron chi connectivity index (χ1n) is 12.9. The summed E-state index contributed by atoms with van der Waals surface area (Å²) >= 11 is 12.7. The molecular weight excluding hydrogens is 541 g/mol. The number of imidazole rings is 1. The number of rotatable bonds is 9. The largest absolute Gasteiger partial charge is 0.491 e. The number of amides is 1. The summed E-state index contributed by atoms with van der Waals surface area (Å²) in [7, 11) is 3.59. The molecule has 0 aliphatic carbocycles. The summed E-state index contributed by atoms with van der Waals surface area (Å²) < 4.78 is 20.7. The van der Waals surface area contributed by atoms with Gasteiger partial charge in [0.2, 0.25) is 11.7 Å². The van der Waals surface area contributed by atoms with Crippen molar-refractivity contribution >= 4 is 34.8 Å². The summed E-state index contributed by atoms with van der Waals surface area (Å²) in [5.74, 6) is -0.189. The predicted molar refractivity (Wildman–Crippen MR) is 150 cm³/mol. The summed E-state index contributed by atoms with van der Waals surface area (Å²) in [6, 6.07) is 13.4. The molecule has 2 saturated heterocycles. The molecular formula is C28H33Cl2N5O4. The first-order chi connectivity index (χ1) is 18.8. The van der Waals surface area contributed by atoms with Gasteiger partial charge in [0.25, 0.3) is 0 Å². The lowest BCUT2D eigenvalue weighted by Crippen LogP contribution is -2.49. The molecule has 2 aliphatic rings. The zero-order chi connectivity index (χ0) is 27.4. The van der Waals surface area contributed by atoms with Gasteiger partial charge in [-0.25, -0.2) is 4.98 Å². The Morgan fingerprint density at radius 2 is 1.90 bits per heavy atom. The first kappa shape index (κ1) is 27.7. The Morgan fingerprint density at radius 3 is 2.56 bits per heavy atom. The van der Waals surface area contributed by atoms with Crippen molar-refractivity contribution in [2.45, 2.75) is 18.4 Å². The SMILES string of the molecule is CN(C)C(=O)CN1CCN(c2ccc(OCC3COC(Cn4ccnc4)(c4ccc(Cl)cc4Cl)O3)cc2)CC1. The van der Waals surface area contributed by atoms with Crippen molar-refractivity contribution < 1.29 is 19.0 Å². The number of anilines is 1. The molecule has 0 radical (unpaired) electrons. The van der Waals surface area contributed by atoms with Crippen LogP contribution < -0.4 is 9.64 Å². The van der Waals surface area contributed by atoms with Crippen molar-refractivity contribution in [2.75, 3.05) is 64.9 Å². The lowest BCUT2D eigenvalue weighted by Gasteiger charge is -2.36. The number of hydrogen-bond acceptors (Lipinski definition) is 7. The summed E-state index contributed by atoms with van der Waals surface area (Å²) in [5, 5.41) is 1.02. The van der Waals surface area contributed by atoms with Crippen LogP contribution in [0.5, 0.6) is 5.75 Å². The summed E-state index contributed by atoms with van der Waals surface area (Å²) in [4.78, 5) is 22.3. The molecule has 0 saturated carbocycles. The van der Waals surface area contributed by atoms with Crippen molar-refractivity contribution in [2.24, 2.45) is 0 Å². The van der Waals surface area contributed by atoms with Crippen LogP contribution in [0.4, 0.5) is 5.69 Å². The molecule has 1 amide bonds. The van der Waals surface area contributed by atoms with Gasteiger partial charge in [0.1, 0.15) is 18.5 Å². The molecule has 5 rings (SSSR count). The van der Waals surface area contributed by atoms with E-state index in [1.54, 1.807) is 43.7 Å². The number of benzene rings is 2. The second-order valence-corrected chi connectivity index (χ2v) is 10.9. The van der Waals surface area contributed by atoms with Crippen LogP contribution in [0.15, 0.2) is 61.2 Å². The minimum absolute atomic E-state index is 0.136. The van der Waals surface area contributed by atoms with Crippen LogP contribution in [0.25, 0.3) is 0 Å². The zero-order valence-corrected chi connectivity index (χ0v) is 23.6. The van der Waals surface area contributed by atoms with E-state index in [2.05, 4.69) is 26.9 Å². The third kappa shape index (κ3) is 6.67. The van der Waals surface area contributed by atoms with Crippen molar-refractivity contribution in [3.8, 4) is 5.75 Å². The number of likely N-dealkylation sites (N-methyl/N-ethyl adjacent to an activating group) is 1. The standard InChI is InChI=1S/C28H33Cl2N5O4/c1-32(2)27(36)16-33-11-13-35(14-12-33)22-4-6-23(7-5-22)37-17-24-18-38-28(39-24,19-34-10-9-31-20-34)25-8-3-21(29)15-26(25)30/h3-10,15,20,24H,11-14,16-19H2,1-2H3. The molecule has 208 valence electrons. The Bertz CT molecular complexity index is 1250. The van der Waals surface area contributed by atoms with Gasteiger partial charge in [-0.3, -0.25) is 9.69 Å². The van der Waals surface area contributed by atoms with Crippen molar-refractivity contribution in [3.05, 3.63) is 76.8 Å². The molecule has 11 heteroatoms. The van der Waals surface area contributed by atoms with E-state index in [9.17, 15) is 4.79 Å². The molecule has 0 bridgehead atoms. The van der Waals surface area contributed by atoms with Crippen molar-refractivity contribution in [1.29, 1.82) is 0 Å². The molecule has 1 aromatic heterocycles. The second kappa shape index (κ2) is 12.1. The van der Waals surface area contributed by atoms with Gasteiger partial charge in [-0.2, -0.15) is 0 Å². The Kier molecular flexibility index (Phi) is 8.64. The highest BCUT2D eigenvalue weighted by molar-refractivity contribution is 6.35. The molecule has 3 heterocycles. The number of carbonyl (C=O) groups excluding carboxylic acids is 1. The number of aromatic nitrogens is 2. The maximum Gasteiger partial charge on any atom is 0.236 e. The fourth-order valence-electron chi connectivity index (χ4n) is 4.81. The Balaban J connectivity index is 1.17. The lowest BCUT2D eigenvalue weighted by molar-refractivity contribution is -0.189. The van der Waals surface area contributed by atoms with Crippen LogP contribution in [0.3, 0.4) is 0 Å². The van der Waals surface area contributed by atoms with Gasteiger partial charge in [-0.1, -0.05) is 29.3 Å². The molecule has 2 aliphatic heterocycles. The van der Waals surface area contributed by atoms with E-state index in [-0.39, 0.29) is 12.0 Å². The Morgan fingerprint density at radius 1 is 1.13 bits per heavy atom. The van der Waals surface area contributed by atoms with E-state index < -0.39 is 5.79 Å². The highest BCUT2D eigenvalue weighted by Gasteiger charge is 2.45. The molecule has 2 fully saturated rings. The fraction of sp³-hybridized carbons (Fsp3) is 0.429. The van der Waals surface area contributed by atoms with Gasteiger partial charge in [0.15, 0.2) is 0 Å². The average molecular weight is 575 g/mol. The molecule has 2 aromatic carbocycles. The van der Waals surface area contributed by atoms with Gasteiger partial charge in [0.05, 0.1) is 31.0 Å². The molecule has 3 aromatic rings. The minimum atomic E-state index is -1.08. The highest BCUT2D eigenvalue weighted by atomic mass is 35.5. The average Bonchev–Trinajstić information content (AvgIpc) is 3.59. The second-order valence-electron chi connectivity index (χ2n) is 10.0. The summed E-state index contributed by atoms with van der Waals surface area (Å²) in [6.45, 7) is 5.00. The highest BCUT2D eigenvalue weighted by Crippen LogP contribution is 2.40. The van der Waals surface area contributed by atoms with E-state index in [1.807, 2.05) is 29.0 Å². The summed E-state index contributed by atoms with van der Waals surface area (Å²) in [5.41, 5.74) is 1.85. The van der Waals surface area contributed by atoms with E-state index in [4.69, 9.17) is 37.4 Å². The number of piperazine rings is 1. The quantitative estimate of drug-likeness (QED) is 0.386. The van der Waals surface area contributed by atoms with Crippen LogP contribution >= 0.6 is 23.2 Å². The normalized spacial score (nSPS) is 21.7. The topological polar surface area (TPSA) is 72.3 Å². The summed E-state index contributed by atoms with van der Waals surface area (Å²) in [6.07, 6.45) is 4.99. The van der Waals surface area contributed by atoms with Crippen LogP contribution in [0.1, 0.15) is 5.56 Å². The number of carbonyl (C=O) groups is 1. The number of hydrogen-bond donors (Lipinski definition) is 0. The van der Waals surface area contributed by atoms with Crippen LogP contribution in [0, 0.1) is 0 Å². The molecule has 0 N–H and O–H groups in total. The number of nitrogens with zero attached hydrogens (tertiary/aromatic N) is 5. The van der Waals surface area contributed by atoms with E-state index >= 15 is 0 Å². The third-order valence-corrected chi connectivity index (χ3v) is 7.57. The minimum Gasteiger partial charge on any atom is -0.491 e. The van der Waals surface area contributed by atoms with Crippen LogP contribution in [-0.4, -0.2) is 91.4 Å². The maximum atomic E-state index is 12.0. The van der Waals surface area contributed by atoms with Crippen LogP contribution in [-0.2, 0) is 26.6 Å². The zero-order valence-electron chi connectivity index (χ0n) is 22.1. The van der Waals surface area contributed by atoms with E-state index in [0.29, 0.717) is 41.9 Å². The Labute approximate surface area is 238 Å². The van der Waals surface area contributed by atoms with Crippen molar-refractivity contribution in [3.63, 3.8) is 0 Å². The smallest absolute Gasteiger partial charge is 0.236 e. The van der Waals surface area contributed by atoms with Gasteiger partial charge in [0, 0.05) is 68.9 Å². The monoisotopic (exact) mass is 573 g/mol. The van der Waals surface area contributed by atoms with E-state index in [1.165, 1.54) is 0 Å². The Hall–Kier alpha value is -2.82. The lowest BCUT2D eigenvalue weighted by atomic mass is 10.1. The molecule has 39 heavy (non-hydrogen) atoms. The third-order valence-electron chi connectivity index (χ3n) is 7.02.